The quantitative estimate of drug-likeness (QED) is 0.350. The number of rotatable bonds is 6. The molecule has 0 aliphatic rings. The number of nitrogens with zero attached hydrogens (tertiary/aromatic N) is 3. The van der Waals surface area contributed by atoms with Crippen LogP contribution in [0.2, 0.25) is 0 Å². The van der Waals surface area contributed by atoms with Gasteiger partial charge in [0.1, 0.15) is 11.6 Å². The Labute approximate surface area is 206 Å². The lowest BCUT2D eigenvalue weighted by Crippen LogP contribution is -2.38. The Balaban J connectivity index is 1.84. The molecule has 1 unspecified atom stereocenters. The van der Waals surface area contributed by atoms with Gasteiger partial charge in [-0.15, -0.1) is 0 Å². The maximum absolute atomic E-state index is 13.7. The van der Waals surface area contributed by atoms with Gasteiger partial charge in [0.15, 0.2) is 0 Å². The second-order valence-electron chi connectivity index (χ2n) is 7.77. The molecule has 4 rings (SSSR count). The summed E-state index contributed by atoms with van der Waals surface area (Å²) in [6.07, 6.45) is 0.546. The third kappa shape index (κ3) is 4.54. The van der Waals surface area contributed by atoms with Crippen LogP contribution in [0.5, 0.6) is 5.75 Å². The number of fused-ring (bicyclic) bond motifs is 1. The van der Waals surface area contributed by atoms with Crippen LogP contribution in [0.4, 0.5) is 10.5 Å². The molecule has 1 atom stereocenters. The fraction of sp³-hybridized carbons (Fsp3) is 0.192. The molecule has 2 amide bonds. The van der Waals surface area contributed by atoms with Crippen molar-refractivity contribution in [3.63, 3.8) is 0 Å². The van der Waals surface area contributed by atoms with Gasteiger partial charge < -0.3 is 15.0 Å². The second kappa shape index (κ2) is 10.1. The van der Waals surface area contributed by atoms with Gasteiger partial charge in [0.2, 0.25) is 0 Å². The minimum Gasteiger partial charge on any atom is -0.495 e. The third-order valence-corrected chi connectivity index (χ3v) is 6.22. The Kier molecular flexibility index (Phi) is 6.98. The summed E-state index contributed by atoms with van der Waals surface area (Å²) in [5.41, 5.74) is 1.60. The number of carbonyl (C=O) groups excluding carboxylic acids is 1. The van der Waals surface area contributed by atoms with E-state index in [4.69, 9.17) is 9.72 Å². The number of nitrogens with one attached hydrogen (secondary N) is 1. The standard InChI is InChI=1S/C26H25BrN4O3/c1-4-21(30(2)26(33)28-18-15-13-17(27)14-16-18)24-29-20-10-6-5-9-19(20)25(32)31(24)22-11-7-8-12-23(22)34-3/h5-16,21H,4H2,1-3H3,(H,28,33). The maximum Gasteiger partial charge on any atom is 0.322 e. The molecule has 0 fully saturated rings. The summed E-state index contributed by atoms with van der Waals surface area (Å²) in [6.45, 7) is 1.96. The number of para-hydroxylation sites is 3. The predicted octanol–water partition coefficient (Wildman–Crippen LogP) is 5.77. The summed E-state index contributed by atoms with van der Waals surface area (Å²) >= 11 is 3.40. The molecule has 34 heavy (non-hydrogen) atoms. The minimum atomic E-state index is -0.474. The van der Waals surface area contributed by atoms with Crippen molar-refractivity contribution < 1.29 is 9.53 Å². The van der Waals surface area contributed by atoms with E-state index in [0.717, 1.165) is 4.47 Å². The summed E-state index contributed by atoms with van der Waals surface area (Å²) in [7, 11) is 3.27. The van der Waals surface area contributed by atoms with E-state index in [1.54, 1.807) is 41.8 Å². The Morgan fingerprint density at radius 1 is 1.09 bits per heavy atom. The number of amides is 2. The van der Waals surface area contributed by atoms with Gasteiger partial charge >= 0.3 is 6.03 Å². The number of carbonyl (C=O) groups is 1. The Bertz CT molecular complexity index is 1390. The number of aromatic nitrogens is 2. The van der Waals surface area contributed by atoms with Crippen molar-refractivity contribution in [2.45, 2.75) is 19.4 Å². The number of benzene rings is 3. The molecule has 0 saturated carbocycles. The lowest BCUT2D eigenvalue weighted by molar-refractivity contribution is 0.199. The smallest absolute Gasteiger partial charge is 0.322 e. The van der Waals surface area contributed by atoms with Crippen LogP contribution in [0.15, 0.2) is 82.1 Å². The molecule has 3 aromatic carbocycles. The van der Waals surface area contributed by atoms with E-state index in [9.17, 15) is 9.59 Å². The number of anilines is 1. The van der Waals surface area contributed by atoms with Crippen LogP contribution in [0.3, 0.4) is 0 Å². The molecule has 1 N–H and O–H groups in total. The van der Waals surface area contributed by atoms with Crippen molar-refractivity contribution in [1.82, 2.24) is 14.5 Å². The minimum absolute atomic E-state index is 0.217. The number of hydrogen-bond acceptors (Lipinski definition) is 4. The highest BCUT2D eigenvalue weighted by molar-refractivity contribution is 9.10. The number of halogens is 1. The molecule has 1 aromatic heterocycles. The van der Waals surface area contributed by atoms with Crippen LogP contribution >= 0.6 is 15.9 Å². The van der Waals surface area contributed by atoms with Crippen LogP contribution in [-0.2, 0) is 0 Å². The van der Waals surface area contributed by atoms with Gasteiger partial charge in [-0.1, -0.05) is 47.1 Å². The predicted molar refractivity (Wildman–Crippen MR) is 138 cm³/mol. The maximum atomic E-state index is 13.7. The first-order valence-corrected chi connectivity index (χ1v) is 11.7. The Hall–Kier alpha value is -3.65. The van der Waals surface area contributed by atoms with Gasteiger partial charge in [0.05, 0.1) is 29.7 Å². The summed E-state index contributed by atoms with van der Waals surface area (Å²) in [5, 5.41) is 3.41. The summed E-state index contributed by atoms with van der Waals surface area (Å²) in [5.74, 6) is 1.00. The topological polar surface area (TPSA) is 76.5 Å². The van der Waals surface area contributed by atoms with E-state index in [0.29, 0.717) is 40.3 Å². The molecule has 0 saturated heterocycles. The molecule has 1 heterocycles. The van der Waals surface area contributed by atoms with E-state index in [1.165, 1.54) is 0 Å². The summed E-state index contributed by atoms with van der Waals surface area (Å²) in [6, 6.07) is 21.1. The SMILES string of the molecule is CCC(c1nc2ccccc2c(=O)n1-c1ccccc1OC)N(C)C(=O)Nc1ccc(Br)cc1. The van der Waals surface area contributed by atoms with Gasteiger partial charge in [-0.25, -0.2) is 9.78 Å². The Morgan fingerprint density at radius 3 is 2.47 bits per heavy atom. The van der Waals surface area contributed by atoms with Gasteiger partial charge in [-0.2, -0.15) is 0 Å². The highest BCUT2D eigenvalue weighted by atomic mass is 79.9. The first-order chi connectivity index (χ1) is 16.4. The summed E-state index contributed by atoms with van der Waals surface area (Å²) < 4.78 is 8.02. The molecule has 0 bridgehead atoms. The molecular weight excluding hydrogens is 496 g/mol. The van der Waals surface area contributed by atoms with Crippen LogP contribution in [0.25, 0.3) is 16.6 Å². The normalized spacial score (nSPS) is 11.8. The molecule has 7 nitrogen and oxygen atoms in total. The van der Waals surface area contributed by atoms with E-state index < -0.39 is 6.04 Å². The van der Waals surface area contributed by atoms with Gasteiger partial charge in [0, 0.05) is 17.2 Å². The lowest BCUT2D eigenvalue weighted by Gasteiger charge is -2.29. The molecule has 0 radical (unpaired) electrons. The van der Waals surface area contributed by atoms with Crippen molar-refractivity contribution in [3.05, 3.63) is 93.4 Å². The average Bonchev–Trinajstić information content (AvgIpc) is 2.86. The average molecular weight is 521 g/mol. The highest BCUT2D eigenvalue weighted by Gasteiger charge is 2.27. The van der Waals surface area contributed by atoms with Crippen molar-refractivity contribution in [2.75, 3.05) is 19.5 Å². The van der Waals surface area contributed by atoms with Gasteiger partial charge in [0.25, 0.3) is 5.56 Å². The van der Waals surface area contributed by atoms with Crippen LogP contribution in [0, 0.1) is 0 Å². The molecule has 0 aliphatic carbocycles. The van der Waals surface area contributed by atoms with Gasteiger partial charge in [-0.05, 0) is 55.0 Å². The fourth-order valence-electron chi connectivity index (χ4n) is 3.94. The fourth-order valence-corrected chi connectivity index (χ4v) is 4.20. The summed E-state index contributed by atoms with van der Waals surface area (Å²) in [4.78, 5) is 33.3. The number of methoxy groups -OCH3 is 1. The highest BCUT2D eigenvalue weighted by Crippen LogP contribution is 2.29. The number of urea groups is 1. The Morgan fingerprint density at radius 2 is 1.76 bits per heavy atom. The van der Waals surface area contributed by atoms with Crippen molar-refractivity contribution in [3.8, 4) is 11.4 Å². The van der Waals surface area contributed by atoms with E-state index in [1.807, 2.05) is 61.5 Å². The first-order valence-electron chi connectivity index (χ1n) is 10.9. The molecular formula is C26H25BrN4O3. The van der Waals surface area contributed by atoms with Gasteiger partial charge in [-0.3, -0.25) is 9.36 Å². The van der Waals surface area contributed by atoms with E-state index in [2.05, 4.69) is 21.2 Å². The van der Waals surface area contributed by atoms with Crippen LogP contribution < -0.4 is 15.6 Å². The monoisotopic (exact) mass is 520 g/mol. The van der Waals surface area contributed by atoms with E-state index in [-0.39, 0.29) is 11.6 Å². The van der Waals surface area contributed by atoms with Crippen molar-refractivity contribution in [1.29, 1.82) is 0 Å². The van der Waals surface area contributed by atoms with E-state index >= 15 is 0 Å². The molecule has 4 aromatic rings. The van der Waals surface area contributed by atoms with Crippen LogP contribution in [-0.4, -0.2) is 34.6 Å². The molecule has 0 spiro atoms. The van der Waals surface area contributed by atoms with Crippen molar-refractivity contribution in [2.24, 2.45) is 0 Å². The van der Waals surface area contributed by atoms with Crippen LogP contribution in [0.1, 0.15) is 25.2 Å². The first kappa shape index (κ1) is 23.5. The zero-order valence-electron chi connectivity index (χ0n) is 19.2. The second-order valence-corrected chi connectivity index (χ2v) is 8.69. The lowest BCUT2D eigenvalue weighted by atomic mass is 10.1. The molecule has 0 aliphatic heterocycles. The third-order valence-electron chi connectivity index (χ3n) is 5.70. The number of hydrogen-bond donors (Lipinski definition) is 1. The van der Waals surface area contributed by atoms with Crippen molar-refractivity contribution >= 4 is 38.6 Å². The largest absolute Gasteiger partial charge is 0.495 e. The molecule has 8 heteroatoms. The number of ether oxygens (including phenoxy) is 1. The molecule has 174 valence electrons. The zero-order chi connectivity index (χ0) is 24.2. The zero-order valence-corrected chi connectivity index (χ0v) is 20.7.